The molecule has 0 aliphatic rings. The van der Waals surface area contributed by atoms with E-state index in [1.165, 1.54) is 0 Å². The van der Waals surface area contributed by atoms with Crippen molar-refractivity contribution in [3.05, 3.63) is 0 Å². The topological polar surface area (TPSA) is 107 Å². The zero-order valence-corrected chi connectivity index (χ0v) is 6.68. The molecule has 6 heteroatoms. The van der Waals surface area contributed by atoms with Crippen LogP contribution < -0.4 is 5.73 Å². The molecular weight excluding hydrogens is 164 g/mol. The van der Waals surface area contributed by atoms with Crippen molar-refractivity contribution >= 4 is 6.03 Å². The molecule has 0 heterocycles. The molecular formula is C6H14N2O4. The van der Waals surface area contributed by atoms with Crippen LogP contribution in [0.5, 0.6) is 0 Å². The molecule has 0 rings (SSSR count). The molecule has 0 aromatic heterocycles. The lowest BCUT2D eigenvalue weighted by Crippen LogP contribution is -2.48. The van der Waals surface area contributed by atoms with Gasteiger partial charge in [-0.25, -0.2) is 4.79 Å². The van der Waals surface area contributed by atoms with Crippen molar-refractivity contribution in [1.82, 2.24) is 4.90 Å². The van der Waals surface area contributed by atoms with E-state index < -0.39 is 12.1 Å². The number of carbonyl (C=O) groups is 1. The molecule has 0 aliphatic heterocycles. The van der Waals surface area contributed by atoms with Crippen molar-refractivity contribution in [2.45, 2.75) is 6.04 Å². The first-order chi connectivity index (χ1) is 5.67. The van der Waals surface area contributed by atoms with Gasteiger partial charge in [-0.3, -0.25) is 0 Å². The zero-order chi connectivity index (χ0) is 9.56. The molecule has 0 spiro atoms. The maximum absolute atomic E-state index is 10.7. The summed E-state index contributed by atoms with van der Waals surface area (Å²) in [6.07, 6.45) is 0. The van der Waals surface area contributed by atoms with E-state index >= 15 is 0 Å². The molecule has 2 amide bonds. The van der Waals surface area contributed by atoms with Crippen molar-refractivity contribution in [3.8, 4) is 0 Å². The lowest BCUT2D eigenvalue weighted by atomic mass is 10.3. The van der Waals surface area contributed by atoms with Crippen LogP contribution in [0.4, 0.5) is 4.79 Å². The Morgan fingerprint density at radius 2 is 1.83 bits per heavy atom. The predicted octanol–water partition coefficient (Wildman–Crippen LogP) is -2.29. The van der Waals surface area contributed by atoms with Gasteiger partial charge in [0, 0.05) is 6.54 Å². The first-order valence-corrected chi connectivity index (χ1v) is 3.56. The van der Waals surface area contributed by atoms with Crippen LogP contribution in [0, 0.1) is 0 Å². The normalized spacial score (nSPS) is 10.3. The summed E-state index contributed by atoms with van der Waals surface area (Å²) in [4.78, 5) is 11.7. The van der Waals surface area contributed by atoms with Gasteiger partial charge in [0.15, 0.2) is 0 Å². The molecule has 0 radical (unpaired) electrons. The van der Waals surface area contributed by atoms with Crippen molar-refractivity contribution in [2.75, 3.05) is 26.4 Å². The summed E-state index contributed by atoms with van der Waals surface area (Å²) in [6, 6.07) is -1.49. The van der Waals surface area contributed by atoms with Gasteiger partial charge in [0.1, 0.15) is 0 Å². The number of hydrogen-bond acceptors (Lipinski definition) is 4. The molecule has 6 nitrogen and oxygen atoms in total. The molecule has 0 saturated heterocycles. The summed E-state index contributed by atoms with van der Waals surface area (Å²) in [5, 5.41) is 25.9. The molecule has 0 bridgehead atoms. The number of nitrogens with zero attached hydrogens (tertiary/aromatic N) is 1. The molecule has 72 valence electrons. The van der Waals surface area contributed by atoms with E-state index in [0.29, 0.717) is 0 Å². The standard InChI is InChI=1S/C6H14N2O4/c7-6(12)8(1-2-9)5(3-10)4-11/h5,9-11H,1-4H2,(H2,7,12). The SMILES string of the molecule is NC(=O)N(CCO)C(CO)CO. The van der Waals surface area contributed by atoms with E-state index in [4.69, 9.17) is 21.1 Å². The first-order valence-electron chi connectivity index (χ1n) is 3.56. The molecule has 0 saturated carbocycles. The fourth-order valence-electron chi connectivity index (χ4n) is 0.835. The average Bonchev–Trinajstić information content (AvgIpc) is 2.05. The smallest absolute Gasteiger partial charge is 0.315 e. The lowest BCUT2D eigenvalue weighted by Gasteiger charge is -2.26. The van der Waals surface area contributed by atoms with E-state index in [-0.39, 0.29) is 26.4 Å². The van der Waals surface area contributed by atoms with Crippen LogP contribution in [0.25, 0.3) is 0 Å². The maximum atomic E-state index is 10.7. The highest BCUT2D eigenvalue weighted by atomic mass is 16.3. The van der Waals surface area contributed by atoms with Gasteiger partial charge < -0.3 is 26.0 Å². The van der Waals surface area contributed by atoms with Crippen molar-refractivity contribution < 1.29 is 20.1 Å². The van der Waals surface area contributed by atoms with E-state index in [1.807, 2.05) is 0 Å². The summed E-state index contributed by atoms with van der Waals surface area (Å²) in [6.45, 7) is -0.987. The summed E-state index contributed by atoms with van der Waals surface area (Å²) in [7, 11) is 0. The lowest BCUT2D eigenvalue weighted by molar-refractivity contribution is 0.0832. The Bertz CT molecular complexity index is 138. The van der Waals surface area contributed by atoms with Crippen molar-refractivity contribution in [1.29, 1.82) is 0 Å². The highest BCUT2D eigenvalue weighted by molar-refractivity contribution is 5.72. The van der Waals surface area contributed by atoms with Crippen LogP contribution >= 0.6 is 0 Å². The molecule has 0 aromatic rings. The maximum Gasteiger partial charge on any atom is 0.315 e. The van der Waals surface area contributed by atoms with Gasteiger partial charge in [0.05, 0.1) is 25.9 Å². The van der Waals surface area contributed by atoms with E-state index in [9.17, 15) is 4.79 Å². The fraction of sp³-hybridized carbons (Fsp3) is 0.833. The first kappa shape index (κ1) is 11.2. The minimum Gasteiger partial charge on any atom is -0.395 e. The number of nitrogens with two attached hydrogens (primary N) is 1. The Labute approximate surface area is 70.2 Å². The molecule has 5 N–H and O–H groups in total. The summed E-state index contributed by atoms with van der Waals surface area (Å²) in [5.41, 5.74) is 4.93. The van der Waals surface area contributed by atoms with Gasteiger partial charge in [0.25, 0.3) is 0 Å². The van der Waals surface area contributed by atoms with Crippen LogP contribution in [0.3, 0.4) is 0 Å². The van der Waals surface area contributed by atoms with E-state index in [1.54, 1.807) is 0 Å². The number of hydrogen-bond donors (Lipinski definition) is 4. The third-order valence-corrected chi connectivity index (χ3v) is 1.49. The summed E-state index contributed by atoms with van der Waals surface area (Å²) < 4.78 is 0. The van der Waals surface area contributed by atoms with Crippen LogP contribution in [0.15, 0.2) is 0 Å². The predicted molar refractivity (Wildman–Crippen MR) is 41.3 cm³/mol. The van der Waals surface area contributed by atoms with Crippen molar-refractivity contribution in [3.63, 3.8) is 0 Å². The summed E-state index contributed by atoms with van der Waals surface area (Å²) in [5.74, 6) is 0. The number of rotatable bonds is 5. The third-order valence-electron chi connectivity index (χ3n) is 1.49. The number of primary amides is 1. The molecule has 0 aromatic carbocycles. The Kier molecular flexibility index (Phi) is 5.35. The monoisotopic (exact) mass is 178 g/mol. The van der Waals surface area contributed by atoms with Gasteiger partial charge in [-0.05, 0) is 0 Å². The Hall–Kier alpha value is -0.850. The minimum absolute atomic E-state index is 0.0150. The molecule has 0 fully saturated rings. The third kappa shape index (κ3) is 3.04. The second kappa shape index (κ2) is 5.76. The second-order valence-electron chi connectivity index (χ2n) is 2.27. The average molecular weight is 178 g/mol. The van der Waals surface area contributed by atoms with Gasteiger partial charge in [-0.2, -0.15) is 0 Å². The minimum atomic E-state index is -0.767. The number of carbonyl (C=O) groups excluding carboxylic acids is 1. The largest absolute Gasteiger partial charge is 0.395 e. The molecule has 0 atom stereocenters. The van der Waals surface area contributed by atoms with Crippen LogP contribution in [0.1, 0.15) is 0 Å². The molecule has 12 heavy (non-hydrogen) atoms. The number of amides is 2. The highest BCUT2D eigenvalue weighted by Crippen LogP contribution is 1.96. The number of aliphatic hydroxyl groups excluding tert-OH is 3. The van der Waals surface area contributed by atoms with E-state index in [2.05, 4.69) is 0 Å². The Morgan fingerprint density at radius 1 is 1.33 bits per heavy atom. The summed E-state index contributed by atoms with van der Waals surface area (Å²) >= 11 is 0. The van der Waals surface area contributed by atoms with Gasteiger partial charge >= 0.3 is 6.03 Å². The van der Waals surface area contributed by atoms with Gasteiger partial charge in [-0.1, -0.05) is 0 Å². The zero-order valence-electron chi connectivity index (χ0n) is 6.68. The van der Waals surface area contributed by atoms with Crippen LogP contribution in [-0.4, -0.2) is 58.7 Å². The van der Waals surface area contributed by atoms with Crippen LogP contribution in [0.2, 0.25) is 0 Å². The second-order valence-corrected chi connectivity index (χ2v) is 2.27. The van der Waals surface area contributed by atoms with Crippen LogP contribution in [-0.2, 0) is 0 Å². The molecule has 0 aliphatic carbocycles. The van der Waals surface area contributed by atoms with Gasteiger partial charge in [0.2, 0.25) is 0 Å². The number of urea groups is 1. The Balaban J connectivity index is 4.15. The van der Waals surface area contributed by atoms with E-state index in [0.717, 1.165) is 4.90 Å². The van der Waals surface area contributed by atoms with Crippen molar-refractivity contribution in [2.24, 2.45) is 5.73 Å². The quantitative estimate of drug-likeness (QED) is 0.380. The number of aliphatic hydroxyl groups is 3. The van der Waals surface area contributed by atoms with Gasteiger partial charge in [-0.15, -0.1) is 0 Å². The fourth-order valence-corrected chi connectivity index (χ4v) is 0.835. The highest BCUT2D eigenvalue weighted by Gasteiger charge is 2.19. The molecule has 0 unspecified atom stereocenters. The Morgan fingerprint density at radius 3 is 2.08 bits per heavy atom.